The summed E-state index contributed by atoms with van der Waals surface area (Å²) < 4.78 is 10.7. The van der Waals surface area contributed by atoms with E-state index in [1.165, 1.54) is 0 Å². The van der Waals surface area contributed by atoms with E-state index in [4.69, 9.17) is 8.94 Å². The van der Waals surface area contributed by atoms with Gasteiger partial charge in [0.15, 0.2) is 11.6 Å². The molecule has 0 saturated carbocycles. The zero-order valence-electron chi connectivity index (χ0n) is 15.5. The van der Waals surface area contributed by atoms with Crippen molar-refractivity contribution in [2.45, 2.75) is 33.1 Å². The van der Waals surface area contributed by atoms with Crippen LogP contribution in [0.25, 0.3) is 22.6 Å². The summed E-state index contributed by atoms with van der Waals surface area (Å²) in [7, 11) is 0. The highest BCUT2D eigenvalue weighted by Crippen LogP contribution is 2.28. The first-order valence-corrected chi connectivity index (χ1v) is 8.51. The number of aromatic nitrogens is 4. The van der Waals surface area contributed by atoms with Crippen molar-refractivity contribution in [3.63, 3.8) is 0 Å². The monoisotopic (exact) mass is 365 g/mol. The minimum atomic E-state index is -0.325. The SMILES string of the molecule is Cc1noc2nc(-c3ccco3)cc(C(=O)Nc3cc(C(C)(C)C)[nH]n3)c12. The van der Waals surface area contributed by atoms with Crippen LogP contribution in [-0.2, 0) is 5.41 Å². The Morgan fingerprint density at radius 2 is 2.07 bits per heavy atom. The first kappa shape index (κ1) is 17.0. The van der Waals surface area contributed by atoms with Gasteiger partial charge in [0.25, 0.3) is 11.6 Å². The lowest BCUT2D eigenvalue weighted by molar-refractivity contribution is 0.102. The molecule has 0 saturated heterocycles. The van der Waals surface area contributed by atoms with Gasteiger partial charge in [0.2, 0.25) is 0 Å². The molecule has 8 heteroatoms. The van der Waals surface area contributed by atoms with Gasteiger partial charge in [-0.3, -0.25) is 9.89 Å². The number of carbonyl (C=O) groups excluding carboxylic acids is 1. The van der Waals surface area contributed by atoms with Crippen LogP contribution in [0.2, 0.25) is 0 Å². The van der Waals surface area contributed by atoms with E-state index in [-0.39, 0.29) is 17.0 Å². The molecule has 4 rings (SSSR count). The fraction of sp³-hybridized carbons (Fsp3) is 0.263. The fourth-order valence-corrected chi connectivity index (χ4v) is 2.78. The number of aryl methyl sites for hydroxylation is 1. The summed E-state index contributed by atoms with van der Waals surface area (Å²) >= 11 is 0. The zero-order valence-corrected chi connectivity index (χ0v) is 15.5. The molecule has 4 aromatic heterocycles. The number of aromatic amines is 1. The van der Waals surface area contributed by atoms with Crippen molar-refractivity contribution in [3.05, 3.63) is 47.5 Å². The highest BCUT2D eigenvalue weighted by atomic mass is 16.5. The average Bonchev–Trinajstić information content (AvgIpc) is 3.34. The Balaban J connectivity index is 1.74. The van der Waals surface area contributed by atoms with Gasteiger partial charge in [-0.15, -0.1) is 0 Å². The van der Waals surface area contributed by atoms with E-state index in [1.54, 1.807) is 31.4 Å². The molecule has 27 heavy (non-hydrogen) atoms. The lowest BCUT2D eigenvalue weighted by Crippen LogP contribution is -2.13. The number of nitrogens with zero attached hydrogens (tertiary/aromatic N) is 3. The van der Waals surface area contributed by atoms with Gasteiger partial charge in [-0.2, -0.15) is 5.10 Å². The quantitative estimate of drug-likeness (QED) is 0.566. The number of furan rings is 1. The Bertz CT molecular complexity index is 1120. The maximum atomic E-state index is 13.0. The molecule has 8 nitrogen and oxygen atoms in total. The third kappa shape index (κ3) is 3.10. The van der Waals surface area contributed by atoms with E-state index in [9.17, 15) is 4.79 Å². The Kier molecular flexibility index (Phi) is 3.83. The number of fused-ring (bicyclic) bond motifs is 1. The second kappa shape index (κ2) is 6.08. The van der Waals surface area contributed by atoms with Gasteiger partial charge >= 0.3 is 0 Å². The number of H-pyrrole nitrogens is 1. The maximum absolute atomic E-state index is 13.0. The largest absolute Gasteiger partial charge is 0.463 e. The smallest absolute Gasteiger partial charge is 0.259 e. The van der Waals surface area contributed by atoms with Gasteiger partial charge in [-0.05, 0) is 25.1 Å². The van der Waals surface area contributed by atoms with Crippen molar-refractivity contribution in [2.75, 3.05) is 5.32 Å². The molecule has 0 radical (unpaired) electrons. The lowest BCUT2D eigenvalue weighted by Gasteiger charge is -2.14. The molecular weight excluding hydrogens is 346 g/mol. The molecule has 0 fully saturated rings. The second-order valence-corrected chi connectivity index (χ2v) is 7.35. The third-order valence-electron chi connectivity index (χ3n) is 4.26. The number of hydrogen-bond acceptors (Lipinski definition) is 6. The molecular formula is C19H19N5O3. The number of rotatable bonds is 3. The van der Waals surface area contributed by atoms with Crippen LogP contribution in [0.1, 0.15) is 42.5 Å². The number of pyridine rings is 1. The second-order valence-electron chi connectivity index (χ2n) is 7.35. The molecule has 0 aliphatic rings. The van der Waals surface area contributed by atoms with E-state index in [0.717, 1.165) is 5.69 Å². The predicted octanol–water partition coefficient (Wildman–Crippen LogP) is 4.06. The molecule has 0 aromatic carbocycles. The van der Waals surface area contributed by atoms with Crippen LogP contribution in [0.3, 0.4) is 0 Å². The van der Waals surface area contributed by atoms with Crippen LogP contribution >= 0.6 is 0 Å². The van der Waals surface area contributed by atoms with Crippen molar-refractivity contribution < 1.29 is 13.7 Å². The minimum absolute atomic E-state index is 0.0998. The number of anilines is 1. The fourth-order valence-electron chi connectivity index (χ4n) is 2.78. The van der Waals surface area contributed by atoms with Crippen LogP contribution in [0.4, 0.5) is 5.82 Å². The molecule has 0 bridgehead atoms. The summed E-state index contributed by atoms with van der Waals surface area (Å²) in [6, 6.07) is 7.01. The van der Waals surface area contributed by atoms with Crippen LogP contribution in [0, 0.1) is 6.92 Å². The first-order chi connectivity index (χ1) is 12.8. The molecule has 4 aromatic rings. The summed E-state index contributed by atoms with van der Waals surface area (Å²) in [4.78, 5) is 17.4. The van der Waals surface area contributed by atoms with Crippen LogP contribution in [0.5, 0.6) is 0 Å². The Labute approximate surface area is 155 Å². The van der Waals surface area contributed by atoms with Gasteiger partial charge in [-0.1, -0.05) is 25.9 Å². The van der Waals surface area contributed by atoms with Crippen LogP contribution in [0.15, 0.2) is 39.5 Å². The molecule has 2 N–H and O–H groups in total. The van der Waals surface area contributed by atoms with Crippen molar-refractivity contribution in [3.8, 4) is 11.5 Å². The Hall–Kier alpha value is -3.42. The van der Waals surface area contributed by atoms with E-state index in [1.807, 2.05) is 6.07 Å². The van der Waals surface area contributed by atoms with Crippen LogP contribution in [-0.4, -0.2) is 26.2 Å². The predicted molar refractivity (Wildman–Crippen MR) is 99.5 cm³/mol. The first-order valence-electron chi connectivity index (χ1n) is 8.51. The van der Waals surface area contributed by atoms with Crippen LogP contribution < -0.4 is 5.32 Å². The summed E-state index contributed by atoms with van der Waals surface area (Å²) in [5, 5.41) is 14.5. The molecule has 0 aliphatic heterocycles. The molecule has 138 valence electrons. The third-order valence-corrected chi connectivity index (χ3v) is 4.26. The van der Waals surface area contributed by atoms with E-state index >= 15 is 0 Å². The molecule has 4 heterocycles. The Morgan fingerprint density at radius 1 is 1.26 bits per heavy atom. The van der Waals surface area contributed by atoms with Gasteiger partial charge in [0.1, 0.15) is 5.69 Å². The molecule has 0 atom stereocenters. The average molecular weight is 365 g/mol. The van der Waals surface area contributed by atoms with Gasteiger partial charge in [0, 0.05) is 17.2 Å². The summed E-state index contributed by atoms with van der Waals surface area (Å²) in [6.45, 7) is 7.96. The van der Waals surface area contributed by atoms with Gasteiger partial charge in [-0.25, -0.2) is 4.98 Å². The number of amides is 1. The standard InChI is InChI=1S/C19H19N5O3/c1-10-16-11(17(25)21-15-9-14(22-23-15)19(2,3)4)8-12(13-6-5-7-26-13)20-18(16)27-24-10/h5-9H,1-4H3,(H2,21,22,23,25). The number of hydrogen-bond donors (Lipinski definition) is 2. The van der Waals surface area contributed by atoms with Crippen molar-refractivity contribution >= 4 is 22.8 Å². The van der Waals surface area contributed by atoms with Crippen molar-refractivity contribution in [1.29, 1.82) is 0 Å². The number of carbonyl (C=O) groups is 1. The minimum Gasteiger partial charge on any atom is -0.463 e. The molecule has 0 aliphatic carbocycles. The van der Waals surface area contributed by atoms with Crippen molar-refractivity contribution in [2.24, 2.45) is 0 Å². The topological polar surface area (TPSA) is 110 Å². The molecule has 0 unspecified atom stereocenters. The highest BCUT2D eigenvalue weighted by Gasteiger charge is 2.22. The normalized spacial score (nSPS) is 11.9. The lowest BCUT2D eigenvalue weighted by atomic mass is 9.92. The summed E-state index contributed by atoms with van der Waals surface area (Å²) in [5.74, 6) is 0.659. The molecule has 0 spiro atoms. The summed E-state index contributed by atoms with van der Waals surface area (Å²) in [5.41, 5.74) is 2.58. The highest BCUT2D eigenvalue weighted by molar-refractivity contribution is 6.12. The van der Waals surface area contributed by atoms with Crippen molar-refractivity contribution in [1.82, 2.24) is 20.3 Å². The van der Waals surface area contributed by atoms with Gasteiger partial charge < -0.3 is 14.3 Å². The van der Waals surface area contributed by atoms with E-state index < -0.39 is 0 Å². The van der Waals surface area contributed by atoms with Gasteiger partial charge in [0.05, 0.1) is 22.9 Å². The molecule has 1 amide bonds. The van der Waals surface area contributed by atoms with E-state index in [0.29, 0.717) is 33.9 Å². The zero-order chi connectivity index (χ0) is 19.2. The summed E-state index contributed by atoms with van der Waals surface area (Å²) in [6.07, 6.45) is 1.55. The maximum Gasteiger partial charge on any atom is 0.259 e. The number of nitrogens with one attached hydrogen (secondary N) is 2. The Morgan fingerprint density at radius 3 is 2.74 bits per heavy atom. The van der Waals surface area contributed by atoms with E-state index in [2.05, 4.69) is 46.4 Å².